The average molecular weight is 363 g/mol. The third-order valence-electron chi connectivity index (χ3n) is 4.02. The molecule has 0 amide bonds. The van der Waals surface area contributed by atoms with Gasteiger partial charge in [-0.3, -0.25) is 4.79 Å². The zero-order valence-corrected chi connectivity index (χ0v) is 14.0. The molecule has 0 spiro atoms. The number of rotatable bonds is 5. The van der Waals surface area contributed by atoms with Gasteiger partial charge in [0.25, 0.3) is 0 Å². The summed E-state index contributed by atoms with van der Waals surface area (Å²) in [6, 6.07) is 3.29. The lowest BCUT2D eigenvalue weighted by Gasteiger charge is -2.12. The molecule has 0 atom stereocenters. The third-order valence-corrected chi connectivity index (χ3v) is 4.86. The van der Waals surface area contributed by atoms with Crippen molar-refractivity contribution in [1.82, 2.24) is 19.9 Å². The van der Waals surface area contributed by atoms with Gasteiger partial charge in [0, 0.05) is 17.0 Å². The summed E-state index contributed by atoms with van der Waals surface area (Å²) < 4.78 is 6.86. The molecule has 0 unspecified atom stereocenters. The second-order valence-electron chi connectivity index (χ2n) is 5.69. The maximum Gasteiger partial charge on any atom is 0.198 e. The Balaban J connectivity index is 1.78. The normalized spacial score (nSPS) is 14.1. The minimum atomic E-state index is -0.174. The Labute approximate surface area is 147 Å². The van der Waals surface area contributed by atoms with Gasteiger partial charge in [-0.25, -0.2) is 9.67 Å². The highest BCUT2D eigenvalue weighted by Crippen LogP contribution is 2.42. The van der Waals surface area contributed by atoms with Gasteiger partial charge in [0.1, 0.15) is 12.7 Å². The first kappa shape index (κ1) is 15.4. The van der Waals surface area contributed by atoms with E-state index in [4.69, 9.17) is 27.7 Å². The quantitative estimate of drug-likeness (QED) is 0.646. The fourth-order valence-corrected chi connectivity index (χ4v) is 3.04. The van der Waals surface area contributed by atoms with Gasteiger partial charge in [-0.15, -0.1) is 0 Å². The van der Waals surface area contributed by atoms with Crippen LogP contribution in [0.5, 0.6) is 0 Å². The first-order valence-electron chi connectivity index (χ1n) is 7.43. The number of carbonyl (C=O) groups is 1. The molecule has 6 nitrogen and oxygen atoms in total. The lowest BCUT2D eigenvalue weighted by molar-refractivity contribution is 0.103. The van der Waals surface area contributed by atoms with Crippen LogP contribution in [0, 0.1) is 0 Å². The zero-order chi connectivity index (χ0) is 16.7. The van der Waals surface area contributed by atoms with Gasteiger partial charge in [0.05, 0.1) is 28.4 Å². The summed E-state index contributed by atoms with van der Waals surface area (Å²) >= 11 is 12.5. The molecule has 1 fully saturated rings. The topological polar surface area (TPSA) is 73.8 Å². The highest BCUT2D eigenvalue weighted by molar-refractivity contribution is 6.43. The van der Waals surface area contributed by atoms with E-state index in [1.807, 2.05) is 0 Å². The molecule has 0 radical (unpaired) electrons. The van der Waals surface area contributed by atoms with Crippen molar-refractivity contribution in [2.75, 3.05) is 0 Å². The van der Waals surface area contributed by atoms with Crippen molar-refractivity contribution in [1.29, 1.82) is 0 Å². The van der Waals surface area contributed by atoms with Crippen LogP contribution in [0.25, 0.3) is 0 Å². The third kappa shape index (κ3) is 2.72. The Morgan fingerprint density at radius 2 is 2.12 bits per heavy atom. The Morgan fingerprint density at radius 1 is 1.29 bits per heavy atom. The second kappa shape index (κ2) is 6.03. The van der Waals surface area contributed by atoms with Crippen LogP contribution in [0.2, 0.25) is 10.0 Å². The summed E-state index contributed by atoms with van der Waals surface area (Å²) in [6.45, 7) is 0.296. The van der Waals surface area contributed by atoms with Crippen molar-refractivity contribution in [3.05, 3.63) is 63.5 Å². The lowest BCUT2D eigenvalue weighted by Crippen LogP contribution is -2.11. The van der Waals surface area contributed by atoms with Crippen molar-refractivity contribution in [3.63, 3.8) is 0 Å². The van der Waals surface area contributed by atoms with Gasteiger partial charge < -0.3 is 4.52 Å². The van der Waals surface area contributed by atoms with E-state index in [-0.39, 0.29) is 11.7 Å². The van der Waals surface area contributed by atoms with Crippen LogP contribution < -0.4 is 0 Å². The largest absolute Gasteiger partial charge is 0.360 e. The van der Waals surface area contributed by atoms with E-state index in [1.165, 1.54) is 12.5 Å². The van der Waals surface area contributed by atoms with Gasteiger partial charge in [-0.2, -0.15) is 5.10 Å². The Bertz CT molecular complexity index is 901. The number of halogens is 2. The van der Waals surface area contributed by atoms with Gasteiger partial charge in [0.15, 0.2) is 11.5 Å². The standard InChI is InChI=1S/C16H12Cl2N4O2/c17-13-4-3-10(12(14(13)18)6-22-8-19-7-20-22)15(23)11-5-21-24-16(11)9-1-2-9/h3-5,7-9H,1-2,6H2. The molecule has 1 aliphatic carbocycles. The number of hydrogen-bond donors (Lipinski definition) is 0. The van der Waals surface area contributed by atoms with Gasteiger partial charge >= 0.3 is 0 Å². The Morgan fingerprint density at radius 3 is 2.83 bits per heavy atom. The fraction of sp³-hybridized carbons (Fsp3) is 0.250. The molecule has 24 heavy (non-hydrogen) atoms. The summed E-state index contributed by atoms with van der Waals surface area (Å²) in [7, 11) is 0. The highest BCUT2D eigenvalue weighted by Gasteiger charge is 2.33. The number of carbonyl (C=O) groups excluding carboxylic acids is 1. The molecule has 1 aromatic carbocycles. The first-order chi connectivity index (χ1) is 11.6. The smallest absolute Gasteiger partial charge is 0.198 e. The summed E-state index contributed by atoms with van der Waals surface area (Å²) in [5.74, 6) is 0.762. The molecular formula is C16H12Cl2N4O2. The number of aromatic nitrogens is 4. The van der Waals surface area contributed by atoms with Crippen LogP contribution in [0.15, 0.2) is 35.5 Å². The van der Waals surface area contributed by atoms with Crippen LogP contribution in [0.1, 0.15) is 46.0 Å². The fourth-order valence-electron chi connectivity index (χ4n) is 2.64. The van der Waals surface area contributed by atoms with E-state index < -0.39 is 0 Å². The molecule has 2 heterocycles. The van der Waals surface area contributed by atoms with Crippen molar-refractivity contribution < 1.29 is 9.32 Å². The second-order valence-corrected chi connectivity index (χ2v) is 6.47. The van der Waals surface area contributed by atoms with Crippen molar-refractivity contribution >= 4 is 29.0 Å². The monoisotopic (exact) mass is 362 g/mol. The van der Waals surface area contributed by atoms with Crippen molar-refractivity contribution in [2.24, 2.45) is 0 Å². The van der Waals surface area contributed by atoms with Gasteiger partial charge in [0.2, 0.25) is 0 Å². The van der Waals surface area contributed by atoms with E-state index >= 15 is 0 Å². The minimum Gasteiger partial charge on any atom is -0.360 e. The van der Waals surface area contributed by atoms with Crippen LogP contribution in [-0.4, -0.2) is 25.7 Å². The number of benzene rings is 1. The van der Waals surface area contributed by atoms with Crippen molar-refractivity contribution in [2.45, 2.75) is 25.3 Å². The summed E-state index contributed by atoms with van der Waals surface area (Å²) in [5.41, 5.74) is 1.54. The predicted molar refractivity (Wildman–Crippen MR) is 87.5 cm³/mol. The van der Waals surface area contributed by atoms with Crippen LogP contribution >= 0.6 is 23.2 Å². The Hall–Kier alpha value is -2.18. The number of hydrogen-bond acceptors (Lipinski definition) is 5. The zero-order valence-electron chi connectivity index (χ0n) is 12.4. The van der Waals surface area contributed by atoms with Crippen LogP contribution in [0.4, 0.5) is 0 Å². The molecule has 0 bridgehead atoms. The first-order valence-corrected chi connectivity index (χ1v) is 8.19. The van der Waals surface area contributed by atoms with E-state index in [2.05, 4.69) is 15.2 Å². The number of nitrogens with zero attached hydrogens (tertiary/aromatic N) is 4. The molecule has 1 saturated carbocycles. The molecule has 1 aliphatic rings. The molecule has 8 heteroatoms. The molecule has 0 aliphatic heterocycles. The van der Waals surface area contributed by atoms with Crippen molar-refractivity contribution in [3.8, 4) is 0 Å². The van der Waals surface area contributed by atoms with E-state index in [0.717, 1.165) is 12.8 Å². The molecule has 3 aromatic rings. The summed E-state index contributed by atoms with van der Waals surface area (Å²) in [6.07, 6.45) is 6.48. The number of ketones is 1. The molecule has 122 valence electrons. The van der Waals surface area contributed by atoms with Crippen LogP contribution in [0.3, 0.4) is 0 Å². The average Bonchev–Trinajstić information content (AvgIpc) is 3.09. The Kier molecular flexibility index (Phi) is 3.86. The molecular weight excluding hydrogens is 351 g/mol. The predicted octanol–water partition coefficient (Wildman–Crippen LogP) is 3.73. The minimum absolute atomic E-state index is 0.174. The summed E-state index contributed by atoms with van der Waals surface area (Å²) in [4.78, 5) is 16.9. The van der Waals surface area contributed by atoms with E-state index in [9.17, 15) is 4.79 Å². The molecule has 0 N–H and O–H groups in total. The van der Waals surface area contributed by atoms with E-state index in [1.54, 1.807) is 23.1 Å². The SMILES string of the molecule is O=C(c1cnoc1C1CC1)c1ccc(Cl)c(Cl)c1Cn1cncn1. The van der Waals surface area contributed by atoms with E-state index in [0.29, 0.717) is 39.0 Å². The van der Waals surface area contributed by atoms with Gasteiger partial charge in [-0.05, 0) is 25.0 Å². The molecule has 4 rings (SSSR count). The van der Waals surface area contributed by atoms with Gasteiger partial charge in [-0.1, -0.05) is 28.4 Å². The lowest BCUT2D eigenvalue weighted by atomic mass is 9.97. The summed E-state index contributed by atoms with van der Waals surface area (Å²) in [5, 5.41) is 8.58. The maximum atomic E-state index is 13.0. The highest BCUT2D eigenvalue weighted by atomic mass is 35.5. The molecule has 2 aromatic heterocycles. The molecule has 0 saturated heterocycles. The maximum absolute atomic E-state index is 13.0. The van der Waals surface area contributed by atoms with Crippen LogP contribution in [-0.2, 0) is 6.54 Å².